The van der Waals surface area contributed by atoms with E-state index in [9.17, 15) is 5.11 Å². The van der Waals surface area contributed by atoms with Gasteiger partial charge in [0.15, 0.2) is 0 Å². The number of fused-ring (bicyclic) bond motifs is 1. The predicted molar refractivity (Wildman–Crippen MR) is 86.3 cm³/mol. The van der Waals surface area contributed by atoms with Crippen molar-refractivity contribution in [2.24, 2.45) is 5.41 Å². The summed E-state index contributed by atoms with van der Waals surface area (Å²) in [4.78, 5) is 5.75. The Morgan fingerprint density at radius 3 is 2.71 bits per heavy atom. The molecule has 1 aromatic heterocycles. The summed E-state index contributed by atoms with van der Waals surface area (Å²) in [5, 5.41) is 14.5. The van der Waals surface area contributed by atoms with Gasteiger partial charge in [-0.25, -0.2) is 0 Å². The fourth-order valence-electron chi connectivity index (χ4n) is 3.42. The zero-order chi connectivity index (χ0) is 14.9. The largest absolute Gasteiger partial charge is 0.396 e. The monoisotopic (exact) mass is 287 g/mol. The fraction of sp³-hybridized carbons (Fsp3) is 0.529. The second-order valence-corrected chi connectivity index (χ2v) is 6.66. The summed E-state index contributed by atoms with van der Waals surface area (Å²) >= 11 is 0. The molecule has 0 saturated carbocycles. The Morgan fingerprint density at radius 1 is 1.24 bits per heavy atom. The van der Waals surface area contributed by atoms with Gasteiger partial charge in [0.2, 0.25) is 0 Å². The lowest BCUT2D eigenvalue weighted by molar-refractivity contribution is 0.0306. The first kappa shape index (κ1) is 14.6. The molecule has 0 amide bonds. The Labute approximate surface area is 126 Å². The molecular weight excluding hydrogens is 262 g/mol. The number of nitrogens with zero attached hydrogens (tertiary/aromatic N) is 1. The van der Waals surface area contributed by atoms with Crippen LogP contribution in [-0.4, -0.2) is 47.8 Å². The summed E-state index contributed by atoms with van der Waals surface area (Å²) in [6.07, 6.45) is 1.98. The Morgan fingerprint density at radius 2 is 2.00 bits per heavy atom. The van der Waals surface area contributed by atoms with Gasteiger partial charge in [-0.05, 0) is 29.1 Å². The Bertz CT molecular complexity index is 599. The lowest BCUT2D eigenvalue weighted by atomic mass is 9.79. The fourth-order valence-corrected chi connectivity index (χ4v) is 3.42. The van der Waals surface area contributed by atoms with E-state index in [0.717, 1.165) is 26.2 Å². The van der Waals surface area contributed by atoms with Crippen LogP contribution in [0.3, 0.4) is 0 Å². The molecule has 3 N–H and O–H groups in total. The lowest BCUT2D eigenvalue weighted by Crippen LogP contribution is -2.49. The van der Waals surface area contributed by atoms with Crippen LogP contribution in [0.2, 0.25) is 0 Å². The van der Waals surface area contributed by atoms with E-state index in [-0.39, 0.29) is 18.1 Å². The molecule has 4 heteroatoms. The zero-order valence-electron chi connectivity index (χ0n) is 12.9. The van der Waals surface area contributed by atoms with Crippen molar-refractivity contribution in [3.63, 3.8) is 0 Å². The number of piperazine rings is 1. The van der Waals surface area contributed by atoms with Gasteiger partial charge >= 0.3 is 0 Å². The van der Waals surface area contributed by atoms with Crippen LogP contribution in [-0.2, 0) is 0 Å². The number of rotatable bonds is 4. The molecule has 1 aromatic carbocycles. The van der Waals surface area contributed by atoms with Gasteiger partial charge in [0.05, 0.1) is 0 Å². The standard InChI is InChI=1S/C17H25N3O/c1-17(2,12-21)16(20-9-7-18-8-10-20)14-3-4-15-13(11-14)5-6-19-15/h3-6,11,16,18-19,21H,7-10,12H2,1-2H3/t16-/m0/s1. The van der Waals surface area contributed by atoms with Crippen molar-refractivity contribution in [2.45, 2.75) is 19.9 Å². The lowest BCUT2D eigenvalue weighted by Gasteiger charge is -2.43. The van der Waals surface area contributed by atoms with Gasteiger partial charge in [-0.1, -0.05) is 19.9 Å². The van der Waals surface area contributed by atoms with E-state index in [1.807, 2.05) is 6.20 Å². The first-order valence-corrected chi connectivity index (χ1v) is 7.74. The molecule has 1 fully saturated rings. The van der Waals surface area contributed by atoms with Crippen LogP contribution in [0.15, 0.2) is 30.5 Å². The minimum Gasteiger partial charge on any atom is -0.396 e. The molecule has 1 aliphatic heterocycles. The zero-order valence-corrected chi connectivity index (χ0v) is 12.9. The molecule has 0 unspecified atom stereocenters. The quantitative estimate of drug-likeness (QED) is 0.807. The maximum Gasteiger partial charge on any atom is 0.0500 e. The van der Waals surface area contributed by atoms with Gasteiger partial charge in [-0.15, -0.1) is 0 Å². The predicted octanol–water partition coefficient (Wildman–Crippen LogP) is 2.13. The third-order valence-corrected chi connectivity index (χ3v) is 4.56. The summed E-state index contributed by atoms with van der Waals surface area (Å²) in [7, 11) is 0. The first-order valence-electron chi connectivity index (χ1n) is 7.74. The van der Waals surface area contributed by atoms with E-state index in [2.05, 4.69) is 53.3 Å². The molecule has 2 aromatic rings. The number of benzene rings is 1. The van der Waals surface area contributed by atoms with E-state index >= 15 is 0 Å². The van der Waals surface area contributed by atoms with Gasteiger partial charge in [-0.3, -0.25) is 4.90 Å². The summed E-state index contributed by atoms with van der Waals surface area (Å²) in [6, 6.07) is 8.95. The molecule has 4 nitrogen and oxygen atoms in total. The Kier molecular flexibility index (Phi) is 4.02. The van der Waals surface area contributed by atoms with Gasteiger partial charge in [0.1, 0.15) is 0 Å². The molecule has 1 atom stereocenters. The third-order valence-electron chi connectivity index (χ3n) is 4.56. The van der Waals surface area contributed by atoms with Gasteiger partial charge in [-0.2, -0.15) is 0 Å². The number of aromatic amines is 1. The number of hydrogen-bond donors (Lipinski definition) is 3. The van der Waals surface area contributed by atoms with Crippen molar-refractivity contribution in [2.75, 3.05) is 32.8 Å². The number of hydrogen-bond acceptors (Lipinski definition) is 3. The number of aromatic nitrogens is 1. The normalized spacial score (nSPS) is 19.0. The molecule has 3 rings (SSSR count). The number of aliphatic hydroxyl groups excluding tert-OH is 1. The number of aliphatic hydroxyl groups is 1. The molecule has 21 heavy (non-hydrogen) atoms. The van der Waals surface area contributed by atoms with Crippen molar-refractivity contribution in [1.82, 2.24) is 15.2 Å². The maximum atomic E-state index is 9.88. The van der Waals surface area contributed by atoms with Crippen LogP contribution in [0, 0.1) is 5.41 Å². The first-order chi connectivity index (χ1) is 10.1. The summed E-state index contributed by atoms with van der Waals surface area (Å²) < 4.78 is 0. The minimum atomic E-state index is -0.165. The average Bonchev–Trinajstić information content (AvgIpc) is 2.96. The van der Waals surface area contributed by atoms with Crippen molar-refractivity contribution >= 4 is 10.9 Å². The third kappa shape index (κ3) is 2.84. The highest BCUT2D eigenvalue weighted by atomic mass is 16.3. The minimum absolute atomic E-state index is 0.165. The number of nitrogens with one attached hydrogen (secondary N) is 2. The van der Waals surface area contributed by atoms with Crippen LogP contribution in [0.5, 0.6) is 0 Å². The average molecular weight is 287 g/mol. The smallest absolute Gasteiger partial charge is 0.0500 e. The van der Waals surface area contributed by atoms with E-state index in [4.69, 9.17) is 0 Å². The highest BCUT2D eigenvalue weighted by Gasteiger charge is 2.35. The van der Waals surface area contributed by atoms with Crippen LogP contribution in [0.1, 0.15) is 25.5 Å². The van der Waals surface area contributed by atoms with Crippen molar-refractivity contribution in [1.29, 1.82) is 0 Å². The van der Waals surface area contributed by atoms with E-state index in [1.165, 1.54) is 16.5 Å². The summed E-state index contributed by atoms with van der Waals surface area (Å²) in [5.74, 6) is 0. The Balaban J connectivity index is 2.00. The van der Waals surface area contributed by atoms with Crippen molar-refractivity contribution in [3.05, 3.63) is 36.0 Å². The summed E-state index contributed by atoms with van der Waals surface area (Å²) in [5.41, 5.74) is 2.30. The van der Waals surface area contributed by atoms with E-state index < -0.39 is 0 Å². The van der Waals surface area contributed by atoms with E-state index in [0.29, 0.717) is 0 Å². The van der Waals surface area contributed by atoms with E-state index in [1.54, 1.807) is 0 Å². The molecule has 0 bridgehead atoms. The molecular formula is C17H25N3O. The molecule has 114 valence electrons. The topological polar surface area (TPSA) is 51.3 Å². The molecule has 0 radical (unpaired) electrons. The summed E-state index contributed by atoms with van der Waals surface area (Å²) in [6.45, 7) is 8.59. The van der Waals surface area contributed by atoms with Gasteiger partial charge in [0.25, 0.3) is 0 Å². The second kappa shape index (κ2) is 5.79. The van der Waals surface area contributed by atoms with Gasteiger partial charge < -0.3 is 15.4 Å². The Hall–Kier alpha value is -1.36. The molecule has 0 aliphatic carbocycles. The highest BCUT2D eigenvalue weighted by molar-refractivity contribution is 5.80. The van der Waals surface area contributed by atoms with Crippen LogP contribution >= 0.6 is 0 Å². The molecule has 2 heterocycles. The van der Waals surface area contributed by atoms with Crippen LogP contribution < -0.4 is 5.32 Å². The van der Waals surface area contributed by atoms with Crippen molar-refractivity contribution < 1.29 is 5.11 Å². The second-order valence-electron chi connectivity index (χ2n) is 6.66. The SMILES string of the molecule is CC(C)(CO)[C@H](c1ccc2[nH]ccc2c1)N1CCNCC1. The van der Waals surface area contributed by atoms with Crippen LogP contribution in [0.25, 0.3) is 10.9 Å². The van der Waals surface area contributed by atoms with Crippen molar-refractivity contribution in [3.8, 4) is 0 Å². The number of H-pyrrole nitrogens is 1. The molecule has 1 aliphatic rings. The van der Waals surface area contributed by atoms with Gasteiger partial charge in [0, 0.05) is 56.0 Å². The highest BCUT2D eigenvalue weighted by Crippen LogP contribution is 2.39. The molecule has 1 saturated heterocycles. The maximum absolute atomic E-state index is 9.88. The molecule has 0 spiro atoms. The van der Waals surface area contributed by atoms with Crippen LogP contribution in [0.4, 0.5) is 0 Å².